The van der Waals surface area contributed by atoms with Gasteiger partial charge in [0, 0.05) is 6.07 Å². The number of carbonyl (C=O) groups is 2. The molecule has 1 aromatic rings. The van der Waals surface area contributed by atoms with E-state index in [1.54, 1.807) is 0 Å². The van der Waals surface area contributed by atoms with Crippen LogP contribution in [0.1, 0.15) is 10.4 Å². The number of carboxylic acid groups (broad SMARTS) is 1. The van der Waals surface area contributed by atoms with Crippen molar-refractivity contribution in [1.82, 2.24) is 0 Å². The zero-order valence-corrected chi connectivity index (χ0v) is 8.31. The van der Waals surface area contributed by atoms with Crippen molar-refractivity contribution in [3.05, 3.63) is 29.3 Å². The molecule has 1 rings (SSSR count). The van der Waals surface area contributed by atoms with E-state index in [-0.39, 0.29) is 12.1 Å². The van der Waals surface area contributed by atoms with E-state index in [1.165, 1.54) is 0 Å². The van der Waals surface area contributed by atoms with Gasteiger partial charge in [-0.2, -0.15) is 13.2 Å². The van der Waals surface area contributed by atoms with E-state index >= 15 is 0 Å². The summed E-state index contributed by atoms with van der Waals surface area (Å²) in [5.74, 6) is -7.25. The first-order valence-corrected chi connectivity index (χ1v) is 4.23. The number of benzene rings is 1. The van der Waals surface area contributed by atoms with Crippen molar-refractivity contribution in [2.24, 2.45) is 0 Å². The van der Waals surface area contributed by atoms with E-state index in [1.807, 2.05) is 0 Å². The highest BCUT2D eigenvalue weighted by Crippen LogP contribution is 2.23. The van der Waals surface area contributed by atoms with Crippen molar-refractivity contribution in [1.29, 1.82) is 0 Å². The molecule has 1 aromatic carbocycles. The molecule has 98 valence electrons. The first-order chi connectivity index (χ1) is 8.12. The minimum Gasteiger partial charge on any atom is -0.478 e. The summed E-state index contributed by atoms with van der Waals surface area (Å²) in [6.07, 6.45) is -5.27. The molecule has 0 bridgehead atoms. The number of hydrogen-bond donors (Lipinski definition) is 2. The van der Waals surface area contributed by atoms with Crippen molar-refractivity contribution >= 4 is 17.6 Å². The highest BCUT2D eigenvalue weighted by Gasteiger charge is 2.39. The van der Waals surface area contributed by atoms with Gasteiger partial charge >= 0.3 is 18.1 Å². The summed E-state index contributed by atoms with van der Waals surface area (Å²) in [4.78, 5) is 20.9. The van der Waals surface area contributed by atoms with Gasteiger partial charge in [0.2, 0.25) is 0 Å². The third-order valence-corrected chi connectivity index (χ3v) is 1.79. The molecule has 0 saturated heterocycles. The number of carbonyl (C=O) groups excluding carboxylic acids is 1. The lowest BCUT2D eigenvalue weighted by Crippen LogP contribution is -2.30. The molecule has 0 fully saturated rings. The summed E-state index contributed by atoms with van der Waals surface area (Å²) in [6.45, 7) is 0. The molecule has 0 atom stereocenters. The maximum atomic E-state index is 13.1. The lowest BCUT2D eigenvalue weighted by molar-refractivity contribution is -0.167. The van der Waals surface area contributed by atoms with Crippen LogP contribution >= 0.6 is 0 Å². The Morgan fingerprint density at radius 2 is 1.67 bits per heavy atom. The number of hydrogen-bond acceptors (Lipinski definition) is 2. The van der Waals surface area contributed by atoms with E-state index in [0.29, 0.717) is 0 Å². The van der Waals surface area contributed by atoms with Crippen molar-refractivity contribution < 1.29 is 36.6 Å². The predicted molar refractivity (Wildman–Crippen MR) is 48.0 cm³/mol. The van der Waals surface area contributed by atoms with E-state index in [9.17, 15) is 31.5 Å². The zero-order chi connectivity index (χ0) is 14.1. The minimum absolute atomic E-state index is 0.155. The quantitative estimate of drug-likeness (QED) is 0.808. The second-order valence-electron chi connectivity index (χ2n) is 3.07. The van der Waals surface area contributed by atoms with Gasteiger partial charge in [-0.25, -0.2) is 13.6 Å². The Kier molecular flexibility index (Phi) is 3.54. The molecule has 0 aromatic heterocycles. The van der Waals surface area contributed by atoms with Crippen LogP contribution in [0.15, 0.2) is 12.1 Å². The molecular formula is C9H4F5NO3. The van der Waals surface area contributed by atoms with Crippen LogP contribution in [0.2, 0.25) is 0 Å². The average molecular weight is 269 g/mol. The third-order valence-electron chi connectivity index (χ3n) is 1.79. The number of carboxylic acids is 1. The topological polar surface area (TPSA) is 66.4 Å². The molecule has 2 N–H and O–H groups in total. The highest BCUT2D eigenvalue weighted by molar-refractivity contribution is 5.96. The van der Waals surface area contributed by atoms with Crippen LogP contribution in [-0.2, 0) is 4.79 Å². The number of amides is 1. The van der Waals surface area contributed by atoms with E-state index < -0.39 is 40.9 Å². The summed E-state index contributed by atoms with van der Waals surface area (Å²) < 4.78 is 61.7. The normalized spacial score (nSPS) is 11.2. The fraction of sp³-hybridized carbons (Fsp3) is 0.111. The Bertz CT molecular complexity index is 512. The molecule has 4 nitrogen and oxygen atoms in total. The van der Waals surface area contributed by atoms with Crippen LogP contribution in [0, 0.1) is 11.6 Å². The second kappa shape index (κ2) is 4.59. The Hall–Kier alpha value is -2.19. The number of anilines is 1. The van der Waals surface area contributed by atoms with Gasteiger partial charge in [-0.1, -0.05) is 0 Å². The Morgan fingerprint density at radius 3 is 2.11 bits per heavy atom. The van der Waals surface area contributed by atoms with Crippen molar-refractivity contribution in [3.8, 4) is 0 Å². The number of nitrogens with one attached hydrogen (secondary N) is 1. The molecular weight excluding hydrogens is 265 g/mol. The maximum Gasteiger partial charge on any atom is 0.471 e. The fourth-order valence-corrected chi connectivity index (χ4v) is 1.000. The fourth-order valence-electron chi connectivity index (χ4n) is 1.000. The average Bonchev–Trinajstić information content (AvgIpc) is 2.21. The predicted octanol–water partition coefficient (Wildman–Crippen LogP) is 2.16. The van der Waals surface area contributed by atoms with Gasteiger partial charge in [-0.15, -0.1) is 0 Å². The molecule has 18 heavy (non-hydrogen) atoms. The summed E-state index contributed by atoms with van der Waals surface area (Å²) >= 11 is 0. The molecule has 0 saturated carbocycles. The molecule has 0 aliphatic carbocycles. The monoisotopic (exact) mass is 269 g/mol. The molecule has 0 aliphatic rings. The van der Waals surface area contributed by atoms with Crippen molar-refractivity contribution in [2.75, 3.05) is 5.32 Å². The van der Waals surface area contributed by atoms with Crippen LogP contribution in [0.3, 0.4) is 0 Å². The van der Waals surface area contributed by atoms with E-state index in [0.717, 1.165) is 5.32 Å². The van der Waals surface area contributed by atoms with Gasteiger partial charge in [0.25, 0.3) is 0 Å². The molecule has 0 unspecified atom stereocenters. The van der Waals surface area contributed by atoms with Crippen molar-refractivity contribution in [3.63, 3.8) is 0 Å². The Balaban J connectivity index is 3.10. The molecule has 1 amide bonds. The van der Waals surface area contributed by atoms with Crippen LogP contribution in [0.5, 0.6) is 0 Å². The third kappa shape index (κ3) is 2.93. The number of alkyl halides is 3. The van der Waals surface area contributed by atoms with Crippen molar-refractivity contribution in [2.45, 2.75) is 6.18 Å². The number of halogens is 5. The largest absolute Gasteiger partial charge is 0.478 e. The number of aromatic carboxylic acids is 1. The Morgan fingerprint density at radius 1 is 1.11 bits per heavy atom. The SMILES string of the molecule is O=C(O)c1cc(F)c(NC(=O)C(F)(F)F)cc1F. The zero-order valence-electron chi connectivity index (χ0n) is 8.31. The number of rotatable bonds is 2. The lowest BCUT2D eigenvalue weighted by atomic mass is 10.2. The van der Waals surface area contributed by atoms with E-state index in [2.05, 4.69) is 0 Å². The standard InChI is InChI=1S/C9H4F5NO3/c10-4-2-6(15-8(18)9(12,13)14)5(11)1-3(4)7(16)17/h1-2H,(H,15,18)(H,16,17). The van der Waals surface area contributed by atoms with Crippen LogP contribution in [-0.4, -0.2) is 23.2 Å². The van der Waals surface area contributed by atoms with Gasteiger partial charge in [0.1, 0.15) is 11.6 Å². The molecule has 0 radical (unpaired) electrons. The minimum atomic E-state index is -5.27. The van der Waals surface area contributed by atoms with Gasteiger partial charge in [-0.3, -0.25) is 4.79 Å². The first kappa shape index (κ1) is 13.9. The smallest absolute Gasteiger partial charge is 0.471 e. The summed E-state index contributed by atoms with van der Waals surface area (Å²) in [5.41, 5.74) is -2.16. The first-order valence-electron chi connectivity index (χ1n) is 4.23. The van der Waals surface area contributed by atoms with Crippen LogP contribution in [0.4, 0.5) is 27.6 Å². The molecule has 0 aliphatic heterocycles. The van der Waals surface area contributed by atoms with Gasteiger partial charge in [0.05, 0.1) is 11.3 Å². The summed E-state index contributed by atoms with van der Waals surface area (Å²) in [5, 5.41) is 9.50. The Labute approximate surface area is 96.0 Å². The van der Waals surface area contributed by atoms with Gasteiger partial charge in [-0.05, 0) is 6.07 Å². The molecule has 0 spiro atoms. The molecule has 9 heteroatoms. The summed E-state index contributed by atoms with van der Waals surface area (Å²) in [6, 6.07) is 0.325. The summed E-state index contributed by atoms with van der Waals surface area (Å²) in [7, 11) is 0. The van der Waals surface area contributed by atoms with E-state index in [4.69, 9.17) is 5.11 Å². The van der Waals surface area contributed by atoms with Crippen LogP contribution in [0.25, 0.3) is 0 Å². The van der Waals surface area contributed by atoms with Gasteiger partial charge in [0.15, 0.2) is 0 Å². The second-order valence-corrected chi connectivity index (χ2v) is 3.07. The lowest BCUT2D eigenvalue weighted by Gasteiger charge is -2.09. The molecule has 0 heterocycles. The maximum absolute atomic E-state index is 13.1. The van der Waals surface area contributed by atoms with Crippen LogP contribution < -0.4 is 5.32 Å². The van der Waals surface area contributed by atoms with Gasteiger partial charge < -0.3 is 10.4 Å². The highest BCUT2D eigenvalue weighted by atomic mass is 19.4.